The zero-order valence-electron chi connectivity index (χ0n) is 15.0. The zero-order valence-corrected chi connectivity index (χ0v) is 15.8. The zero-order chi connectivity index (χ0) is 18.8. The van der Waals surface area contributed by atoms with Gasteiger partial charge in [0.2, 0.25) is 0 Å². The molecule has 150 valence electrons. The molecule has 2 heterocycles. The van der Waals surface area contributed by atoms with E-state index in [1.54, 1.807) is 4.90 Å². The molecule has 8 heteroatoms. The van der Waals surface area contributed by atoms with E-state index >= 15 is 0 Å². The molecule has 2 saturated heterocycles. The third-order valence-corrected chi connectivity index (χ3v) is 5.34. The molecule has 1 spiro atoms. The van der Waals surface area contributed by atoms with Crippen LogP contribution in [0.4, 0.5) is 13.2 Å². The van der Waals surface area contributed by atoms with Gasteiger partial charge >= 0.3 is 6.18 Å². The van der Waals surface area contributed by atoms with E-state index in [0.29, 0.717) is 13.1 Å². The number of nitrogens with zero attached hydrogens (tertiary/aromatic N) is 1. The number of rotatable bonds is 4. The lowest BCUT2D eigenvalue weighted by molar-refractivity contribution is -0.137. The van der Waals surface area contributed by atoms with Gasteiger partial charge in [-0.3, -0.25) is 4.79 Å². The molecule has 1 aromatic carbocycles. The molecule has 1 aromatic rings. The summed E-state index contributed by atoms with van der Waals surface area (Å²) in [5.74, 6) is -0.248. The SMILES string of the molecule is C=CCOc1ccc(C(F)(F)F)cc1C(=O)N1CCC2(CCNC2)CC1.Cl. The van der Waals surface area contributed by atoms with Crippen LogP contribution >= 0.6 is 12.4 Å². The number of benzene rings is 1. The van der Waals surface area contributed by atoms with Gasteiger partial charge in [-0.1, -0.05) is 12.7 Å². The van der Waals surface area contributed by atoms with E-state index in [1.165, 1.54) is 12.1 Å². The first kappa shape index (κ1) is 21.6. The van der Waals surface area contributed by atoms with Gasteiger partial charge in [-0.05, 0) is 49.4 Å². The summed E-state index contributed by atoms with van der Waals surface area (Å²) in [5, 5.41) is 3.36. The molecule has 0 bridgehead atoms. The molecule has 0 radical (unpaired) electrons. The Morgan fingerprint density at radius 3 is 2.56 bits per heavy atom. The quantitative estimate of drug-likeness (QED) is 0.774. The number of halogens is 4. The van der Waals surface area contributed by atoms with E-state index in [1.807, 2.05) is 0 Å². The van der Waals surface area contributed by atoms with Crippen molar-refractivity contribution in [3.05, 3.63) is 42.0 Å². The van der Waals surface area contributed by atoms with Crippen molar-refractivity contribution in [2.75, 3.05) is 32.8 Å². The minimum Gasteiger partial charge on any atom is -0.489 e. The largest absolute Gasteiger partial charge is 0.489 e. The number of piperidine rings is 1. The van der Waals surface area contributed by atoms with Crippen LogP contribution in [0, 0.1) is 5.41 Å². The second kappa shape index (κ2) is 8.52. The van der Waals surface area contributed by atoms with E-state index in [0.717, 1.165) is 44.5 Å². The lowest BCUT2D eigenvalue weighted by atomic mass is 9.78. The molecule has 0 atom stereocenters. The molecule has 2 aliphatic heterocycles. The summed E-state index contributed by atoms with van der Waals surface area (Å²) in [6.07, 6.45) is -0.190. The van der Waals surface area contributed by atoms with Gasteiger partial charge in [0.15, 0.2) is 0 Å². The van der Waals surface area contributed by atoms with Crippen molar-refractivity contribution in [2.45, 2.75) is 25.4 Å². The number of hydrogen-bond donors (Lipinski definition) is 1. The van der Waals surface area contributed by atoms with Crippen molar-refractivity contribution < 1.29 is 22.7 Å². The molecule has 0 saturated carbocycles. The maximum Gasteiger partial charge on any atom is 0.416 e. The minimum atomic E-state index is -4.51. The first-order valence-electron chi connectivity index (χ1n) is 8.80. The van der Waals surface area contributed by atoms with Gasteiger partial charge in [0.1, 0.15) is 12.4 Å². The number of hydrogen-bond acceptors (Lipinski definition) is 3. The van der Waals surface area contributed by atoms with E-state index in [2.05, 4.69) is 11.9 Å². The van der Waals surface area contributed by atoms with Crippen LogP contribution in [0.5, 0.6) is 5.75 Å². The van der Waals surface area contributed by atoms with Crippen LogP contribution < -0.4 is 10.1 Å². The van der Waals surface area contributed by atoms with Crippen molar-refractivity contribution in [1.29, 1.82) is 0 Å². The van der Waals surface area contributed by atoms with Crippen LogP contribution in [0.25, 0.3) is 0 Å². The van der Waals surface area contributed by atoms with Gasteiger partial charge in [0, 0.05) is 19.6 Å². The maximum atomic E-state index is 13.1. The number of carbonyl (C=O) groups is 1. The Morgan fingerprint density at radius 2 is 2.00 bits per heavy atom. The van der Waals surface area contributed by atoms with E-state index in [9.17, 15) is 18.0 Å². The predicted octanol–water partition coefficient (Wildman–Crippen LogP) is 3.91. The molecule has 0 aromatic heterocycles. The fourth-order valence-corrected chi connectivity index (χ4v) is 3.72. The number of ether oxygens (including phenoxy) is 1. The second-order valence-electron chi connectivity index (χ2n) is 7.03. The van der Waals surface area contributed by atoms with Crippen molar-refractivity contribution in [1.82, 2.24) is 10.2 Å². The molecular formula is C19H24ClF3N2O2. The lowest BCUT2D eigenvalue weighted by Gasteiger charge is -2.39. The summed E-state index contributed by atoms with van der Waals surface area (Å²) >= 11 is 0. The van der Waals surface area contributed by atoms with Crippen LogP contribution in [0.1, 0.15) is 35.2 Å². The van der Waals surface area contributed by atoms with Crippen molar-refractivity contribution in [3.63, 3.8) is 0 Å². The standard InChI is InChI=1S/C19H23F3N2O2.ClH/c1-2-11-26-16-4-3-14(19(20,21)22)12-15(16)17(25)24-9-6-18(7-10-24)5-8-23-13-18;/h2-4,12,23H,1,5-11,13H2;1H. The topological polar surface area (TPSA) is 41.6 Å². The number of amides is 1. The van der Waals surface area contributed by atoms with E-state index in [4.69, 9.17) is 4.74 Å². The summed E-state index contributed by atoms with van der Waals surface area (Å²) in [6.45, 7) is 6.70. The number of carbonyl (C=O) groups excluding carboxylic acids is 1. The Hall–Kier alpha value is -1.73. The summed E-state index contributed by atoms with van der Waals surface area (Å²) in [7, 11) is 0. The molecule has 1 amide bonds. The maximum absolute atomic E-state index is 13.1. The Balaban J connectivity index is 0.00000261. The van der Waals surface area contributed by atoms with Gasteiger partial charge in [0.05, 0.1) is 11.1 Å². The highest BCUT2D eigenvalue weighted by Gasteiger charge is 2.39. The van der Waals surface area contributed by atoms with Gasteiger partial charge in [-0.25, -0.2) is 0 Å². The molecule has 0 aliphatic carbocycles. The molecule has 0 unspecified atom stereocenters. The Morgan fingerprint density at radius 1 is 1.30 bits per heavy atom. The minimum absolute atomic E-state index is 0. The highest BCUT2D eigenvalue weighted by atomic mass is 35.5. The first-order chi connectivity index (χ1) is 12.3. The number of nitrogens with one attached hydrogen (secondary N) is 1. The first-order valence-corrected chi connectivity index (χ1v) is 8.80. The molecule has 2 aliphatic rings. The molecule has 3 rings (SSSR count). The smallest absolute Gasteiger partial charge is 0.416 e. The van der Waals surface area contributed by atoms with Gasteiger partial charge in [0.25, 0.3) is 5.91 Å². The van der Waals surface area contributed by atoms with Crippen LogP contribution in [-0.4, -0.2) is 43.6 Å². The predicted molar refractivity (Wildman–Crippen MR) is 99.4 cm³/mol. The summed E-state index contributed by atoms with van der Waals surface area (Å²) in [4.78, 5) is 14.5. The van der Waals surface area contributed by atoms with Crippen molar-refractivity contribution in [3.8, 4) is 5.75 Å². The monoisotopic (exact) mass is 404 g/mol. The molecule has 27 heavy (non-hydrogen) atoms. The van der Waals surface area contributed by atoms with E-state index < -0.39 is 17.6 Å². The Labute approximate surface area is 163 Å². The average Bonchev–Trinajstić information content (AvgIpc) is 3.07. The third kappa shape index (κ3) is 4.76. The second-order valence-corrected chi connectivity index (χ2v) is 7.03. The molecule has 2 fully saturated rings. The average molecular weight is 405 g/mol. The Kier molecular flexibility index (Phi) is 6.81. The molecular weight excluding hydrogens is 381 g/mol. The van der Waals surface area contributed by atoms with E-state index in [-0.39, 0.29) is 35.7 Å². The van der Waals surface area contributed by atoms with Crippen LogP contribution in [0.15, 0.2) is 30.9 Å². The van der Waals surface area contributed by atoms with Crippen molar-refractivity contribution in [2.24, 2.45) is 5.41 Å². The summed E-state index contributed by atoms with van der Waals surface area (Å²) in [6, 6.07) is 3.04. The molecule has 4 nitrogen and oxygen atoms in total. The Bertz CT molecular complexity index is 678. The fraction of sp³-hybridized carbons (Fsp3) is 0.526. The highest BCUT2D eigenvalue weighted by Crippen LogP contribution is 2.38. The summed E-state index contributed by atoms with van der Waals surface area (Å²) < 4.78 is 44.6. The van der Waals surface area contributed by atoms with Crippen LogP contribution in [0.3, 0.4) is 0 Å². The van der Waals surface area contributed by atoms with Crippen molar-refractivity contribution >= 4 is 18.3 Å². The fourth-order valence-electron chi connectivity index (χ4n) is 3.72. The molecule has 1 N–H and O–H groups in total. The van der Waals surface area contributed by atoms with Crippen LogP contribution in [-0.2, 0) is 6.18 Å². The third-order valence-electron chi connectivity index (χ3n) is 5.34. The summed E-state index contributed by atoms with van der Waals surface area (Å²) in [5.41, 5.74) is -0.658. The number of likely N-dealkylation sites (tertiary alicyclic amines) is 1. The van der Waals surface area contributed by atoms with Gasteiger partial charge in [-0.2, -0.15) is 13.2 Å². The van der Waals surface area contributed by atoms with Crippen LogP contribution in [0.2, 0.25) is 0 Å². The highest BCUT2D eigenvalue weighted by molar-refractivity contribution is 5.97. The number of alkyl halides is 3. The van der Waals surface area contributed by atoms with Gasteiger partial charge in [-0.15, -0.1) is 12.4 Å². The van der Waals surface area contributed by atoms with Gasteiger partial charge < -0.3 is 15.0 Å². The lowest BCUT2D eigenvalue weighted by Crippen LogP contribution is -2.44. The normalized spacial score (nSPS) is 18.9.